The molecule has 2 heterocycles. The van der Waals surface area contributed by atoms with Gasteiger partial charge in [-0.25, -0.2) is 0 Å². The average molecular weight is 214 g/mol. The van der Waals surface area contributed by atoms with E-state index in [1.54, 1.807) is 4.90 Å². The average Bonchev–Trinajstić information content (AvgIpc) is 2.46. The summed E-state index contributed by atoms with van der Waals surface area (Å²) in [7, 11) is 0. The molecule has 1 amide bonds. The van der Waals surface area contributed by atoms with E-state index in [1.807, 2.05) is 6.92 Å². The van der Waals surface area contributed by atoms with E-state index >= 15 is 0 Å². The molecule has 5 nitrogen and oxygen atoms in total. The Morgan fingerprint density at radius 1 is 1.67 bits per heavy atom. The lowest BCUT2D eigenvalue weighted by Gasteiger charge is -2.43. The van der Waals surface area contributed by atoms with E-state index in [4.69, 9.17) is 15.6 Å². The van der Waals surface area contributed by atoms with Crippen molar-refractivity contribution in [2.45, 2.75) is 13.0 Å². The summed E-state index contributed by atoms with van der Waals surface area (Å²) in [5.41, 5.74) is 5.31. The highest BCUT2D eigenvalue weighted by Gasteiger charge is 2.48. The highest BCUT2D eigenvalue weighted by Crippen LogP contribution is 2.32. The SMILES string of the molecule is CC1(C(=O)N2CC(CO)C2)COCC1N. The van der Waals surface area contributed by atoms with Crippen molar-refractivity contribution >= 4 is 5.91 Å². The van der Waals surface area contributed by atoms with E-state index in [2.05, 4.69) is 0 Å². The number of hydrogen-bond donors (Lipinski definition) is 2. The van der Waals surface area contributed by atoms with Gasteiger partial charge < -0.3 is 20.5 Å². The van der Waals surface area contributed by atoms with Crippen LogP contribution in [0.4, 0.5) is 0 Å². The number of ether oxygens (including phenoxy) is 1. The fourth-order valence-electron chi connectivity index (χ4n) is 2.12. The van der Waals surface area contributed by atoms with E-state index in [0.29, 0.717) is 26.3 Å². The maximum atomic E-state index is 12.1. The number of rotatable bonds is 2. The van der Waals surface area contributed by atoms with E-state index in [9.17, 15) is 4.79 Å². The fraction of sp³-hybridized carbons (Fsp3) is 0.900. The third-order valence-corrected chi connectivity index (χ3v) is 3.51. The standard InChI is InChI=1S/C10H18N2O3/c1-10(6-15-5-8(10)11)9(14)12-2-7(3-12)4-13/h7-8,13H,2-6,11H2,1H3. The van der Waals surface area contributed by atoms with Crippen LogP contribution in [0.5, 0.6) is 0 Å². The molecule has 0 aromatic carbocycles. The molecular formula is C10H18N2O3. The third kappa shape index (κ3) is 1.64. The molecule has 2 fully saturated rings. The van der Waals surface area contributed by atoms with Gasteiger partial charge in [0.2, 0.25) is 5.91 Å². The van der Waals surface area contributed by atoms with Gasteiger partial charge in [0.05, 0.1) is 18.6 Å². The van der Waals surface area contributed by atoms with Crippen molar-refractivity contribution in [1.29, 1.82) is 0 Å². The maximum Gasteiger partial charge on any atom is 0.232 e. The Kier molecular flexibility index (Phi) is 2.70. The second kappa shape index (κ2) is 3.73. The van der Waals surface area contributed by atoms with E-state index < -0.39 is 5.41 Å². The molecule has 0 aromatic rings. The molecule has 2 atom stereocenters. The van der Waals surface area contributed by atoms with Crippen molar-refractivity contribution in [2.24, 2.45) is 17.1 Å². The fourth-order valence-corrected chi connectivity index (χ4v) is 2.12. The first-order valence-electron chi connectivity index (χ1n) is 5.31. The minimum atomic E-state index is -0.569. The molecule has 0 spiro atoms. The Morgan fingerprint density at radius 2 is 2.33 bits per heavy atom. The second-order valence-electron chi connectivity index (χ2n) is 4.80. The number of carbonyl (C=O) groups excluding carboxylic acids is 1. The van der Waals surface area contributed by atoms with Crippen molar-refractivity contribution in [2.75, 3.05) is 32.9 Å². The van der Waals surface area contributed by atoms with Gasteiger partial charge in [0.1, 0.15) is 0 Å². The number of amides is 1. The number of likely N-dealkylation sites (tertiary alicyclic amines) is 1. The molecular weight excluding hydrogens is 196 g/mol. The second-order valence-corrected chi connectivity index (χ2v) is 4.80. The lowest BCUT2D eigenvalue weighted by atomic mass is 9.82. The number of carbonyl (C=O) groups is 1. The van der Waals surface area contributed by atoms with E-state index in [0.717, 1.165) is 0 Å². The molecule has 2 aliphatic heterocycles. The van der Waals surface area contributed by atoms with Crippen LogP contribution in [-0.2, 0) is 9.53 Å². The Hall–Kier alpha value is -0.650. The van der Waals surface area contributed by atoms with Crippen molar-refractivity contribution in [1.82, 2.24) is 4.90 Å². The molecule has 0 radical (unpaired) electrons. The van der Waals surface area contributed by atoms with Gasteiger partial charge in [0, 0.05) is 31.7 Å². The predicted molar refractivity (Wildman–Crippen MR) is 54.1 cm³/mol. The first-order valence-corrected chi connectivity index (χ1v) is 5.31. The Bertz CT molecular complexity index is 265. The Balaban J connectivity index is 1.96. The van der Waals surface area contributed by atoms with Gasteiger partial charge in [-0.05, 0) is 6.92 Å². The van der Waals surface area contributed by atoms with Crippen LogP contribution >= 0.6 is 0 Å². The zero-order chi connectivity index (χ0) is 11.1. The molecule has 86 valence electrons. The minimum Gasteiger partial charge on any atom is -0.396 e. The lowest BCUT2D eigenvalue weighted by molar-refractivity contribution is -0.149. The van der Waals surface area contributed by atoms with Crippen LogP contribution in [0.15, 0.2) is 0 Å². The largest absolute Gasteiger partial charge is 0.396 e. The summed E-state index contributed by atoms with van der Waals surface area (Å²) in [6.07, 6.45) is 0. The van der Waals surface area contributed by atoms with Gasteiger partial charge >= 0.3 is 0 Å². The highest BCUT2D eigenvalue weighted by molar-refractivity contribution is 5.84. The van der Waals surface area contributed by atoms with Crippen LogP contribution in [0.3, 0.4) is 0 Å². The summed E-state index contributed by atoms with van der Waals surface area (Å²) in [5, 5.41) is 8.88. The van der Waals surface area contributed by atoms with Gasteiger partial charge in [0.15, 0.2) is 0 Å². The number of aliphatic hydroxyl groups is 1. The van der Waals surface area contributed by atoms with Gasteiger partial charge in [-0.3, -0.25) is 4.79 Å². The molecule has 2 saturated heterocycles. The smallest absolute Gasteiger partial charge is 0.232 e. The van der Waals surface area contributed by atoms with Crippen LogP contribution in [-0.4, -0.2) is 54.9 Å². The molecule has 0 bridgehead atoms. The number of aliphatic hydroxyl groups excluding tert-OH is 1. The van der Waals surface area contributed by atoms with Gasteiger partial charge in [-0.1, -0.05) is 0 Å². The predicted octanol–water partition coefficient (Wildman–Crippen LogP) is -1.20. The molecule has 0 aromatic heterocycles. The van der Waals surface area contributed by atoms with Crippen molar-refractivity contribution in [3.63, 3.8) is 0 Å². The third-order valence-electron chi connectivity index (χ3n) is 3.51. The molecule has 3 N–H and O–H groups in total. The quantitative estimate of drug-likeness (QED) is 0.605. The van der Waals surface area contributed by atoms with Gasteiger partial charge in [-0.2, -0.15) is 0 Å². The molecule has 2 unspecified atom stereocenters. The highest BCUT2D eigenvalue weighted by atomic mass is 16.5. The monoisotopic (exact) mass is 214 g/mol. The van der Waals surface area contributed by atoms with Crippen LogP contribution < -0.4 is 5.73 Å². The first kappa shape index (κ1) is 10.9. The Morgan fingerprint density at radius 3 is 2.80 bits per heavy atom. The van der Waals surface area contributed by atoms with Crippen molar-refractivity contribution < 1.29 is 14.6 Å². The minimum absolute atomic E-state index is 0.0669. The van der Waals surface area contributed by atoms with Crippen LogP contribution in [0.2, 0.25) is 0 Å². The molecule has 0 saturated carbocycles. The van der Waals surface area contributed by atoms with Crippen LogP contribution in [0, 0.1) is 11.3 Å². The molecule has 15 heavy (non-hydrogen) atoms. The molecule has 2 rings (SSSR count). The van der Waals surface area contributed by atoms with E-state index in [-0.39, 0.29) is 24.5 Å². The normalized spacial score (nSPS) is 36.7. The van der Waals surface area contributed by atoms with Crippen LogP contribution in [0.25, 0.3) is 0 Å². The summed E-state index contributed by atoms with van der Waals surface area (Å²) in [6, 6.07) is -0.210. The van der Waals surface area contributed by atoms with Gasteiger partial charge in [-0.15, -0.1) is 0 Å². The van der Waals surface area contributed by atoms with Crippen molar-refractivity contribution in [3.05, 3.63) is 0 Å². The maximum absolute atomic E-state index is 12.1. The summed E-state index contributed by atoms with van der Waals surface area (Å²) >= 11 is 0. The lowest BCUT2D eigenvalue weighted by Crippen LogP contribution is -2.59. The summed E-state index contributed by atoms with van der Waals surface area (Å²) in [4.78, 5) is 13.9. The topological polar surface area (TPSA) is 75.8 Å². The molecule has 5 heteroatoms. The number of nitrogens with zero attached hydrogens (tertiary/aromatic N) is 1. The van der Waals surface area contributed by atoms with E-state index in [1.165, 1.54) is 0 Å². The molecule has 2 aliphatic rings. The number of hydrogen-bond acceptors (Lipinski definition) is 4. The first-order chi connectivity index (χ1) is 7.08. The zero-order valence-corrected chi connectivity index (χ0v) is 8.98. The summed E-state index contributed by atoms with van der Waals surface area (Å²) < 4.78 is 5.24. The van der Waals surface area contributed by atoms with Crippen LogP contribution in [0.1, 0.15) is 6.92 Å². The number of nitrogens with two attached hydrogens (primary N) is 1. The Labute approximate surface area is 89.2 Å². The summed E-state index contributed by atoms with van der Waals surface area (Å²) in [5.74, 6) is 0.313. The van der Waals surface area contributed by atoms with Crippen molar-refractivity contribution in [3.8, 4) is 0 Å². The molecule has 0 aliphatic carbocycles. The zero-order valence-electron chi connectivity index (χ0n) is 8.98. The van der Waals surface area contributed by atoms with Gasteiger partial charge in [0.25, 0.3) is 0 Å². The summed E-state index contributed by atoms with van der Waals surface area (Å²) in [6.45, 7) is 4.18.